The van der Waals surface area contributed by atoms with E-state index in [1.54, 1.807) is 30.5 Å². The summed E-state index contributed by atoms with van der Waals surface area (Å²) in [5.41, 5.74) is 0.934. The first-order valence-corrected chi connectivity index (χ1v) is 9.66. The first kappa shape index (κ1) is 16.4. The fourth-order valence-corrected chi connectivity index (χ4v) is 3.42. The summed E-state index contributed by atoms with van der Waals surface area (Å²) >= 11 is 0. The van der Waals surface area contributed by atoms with Gasteiger partial charge in [0.25, 0.3) is 5.91 Å². The van der Waals surface area contributed by atoms with Gasteiger partial charge in [0.1, 0.15) is 5.82 Å². The molecule has 0 atom stereocenters. The van der Waals surface area contributed by atoms with Crippen molar-refractivity contribution in [1.29, 1.82) is 0 Å². The third kappa shape index (κ3) is 3.56. The molecule has 3 rings (SSSR count). The van der Waals surface area contributed by atoms with E-state index in [0.29, 0.717) is 17.1 Å². The summed E-state index contributed by atoms with van der Waals surface area (Å²) in [5, 5.41) is 2.76. The summed E-state index contributed by atoms with van der Waals surface area (Å²) in [5.74, 6) is 0.377. The van der Waals surface area contributed by atoms with Gasteiger partial charge < -0.3 is 10.2 Å². The highest BCUT2D eigenvalue weighted by Gasteiger charge is 2.20. The standard InChI is InChI=1S/C17H19N3O3S/c1-24(22,23)14-7-4-6-13(12-14)19-17(21)15-8-5-9-18-16(15)20-10-2-3-11-20/h4-9,12H,2-3,10-11H2,1H3,(H,19,21). The third-order valence-electron chi connectivity index (χ3n) is 3.96. The molecule has 7 heteroatoms. The van der Waals surface area contributed by atoms with Gasteiger partial charge in [-0.05, 0) is 43.2 Å². The first-order chi connectivity index (χ1) is 11.4. The summed E-state index contributed by atoms with van der Waals surface area (Å²) in [6.45, 7) is 1.78. The molecule has 1 amide bonds. The van der Waals surface area contributed by atoms with Gasteiger partial charge in [-0.2, -0.15) is 0 Å². The quantitative estimate of drug-likeness (QED) is 0.920. The fourth-order valence-electron chi connectivity index (χ4n) is 2.76. The Kier molecular flexibility index (Phi) is 4.53. The maximum absolute atomic E-state index is 12.6. The molecule has 1 saturated heterocycles. The number of amides is 1. The van der Waals surface area contributed by atoms with E-state index >= 15 is 0 Å². The van der Waals surface area contributed by atoms with Crippen LogP contribution in [0.3, 0.4) is 0 Å². The van der Waals surface area contributed by atoms with Gasteiger partial charge in [-0.15, -0.1) is 0 Å². The molecule has 1 aliphatic rings. The highest BCUT2D eigenvalue weighted by molar-refractivity contribution is 7.90. The summed E-state index contributed by atoms with van der Waals surface area (Å²) in [4.78, 5) is 19.2. The van der Waals surface area contributed by atoms with Crippen LogP contribution in [-0.4, -0.2) is 38.7 Å². The van der Waals surface area contributed by atoms with Crippen molar-refractivity contribution in [3.8, 4) is 0 Å². The van der Waals surface area contributed by atoms with E-state index in [-0.39, 0.29) is 10.8 Å². The van der Waals surface area contributed by atoms with Gasteiger partial charge in [0.2, 0.25) is 0 Å². The molecule has 0 bridgehead atoms. The van der Waals surface area contributed by atoms with E-state index in [1.165, 1.54) is 12.1 Å². The van der Waals surface area contributed by atoms with Crippen molar-refractivity contribution in [2.75, 3.05) is 29.6 Å². The second-order valence-electron chi connectivity index (χ2n) is 5.82. The van der Waals surface area contributed by atoms with Crippen LogP contribution in [0.1, 0.15) is 23.2 Å². The van der Waals surface area contributed by atoms with E-state index in [0.717, 1.165) is 32.2 Å². The molecule has 6 nitrogen and oxygen atoms in total. The van der Waals surface area contributed by atoms with Crippen molar-refractivity contribution >= 4 is 27.2 Å². The molecule has 2 heterocycles. The minimum Gasteiger partial charge on any atom is -0.356 e. The van der Waals surface area contributed by atoms with Gasteiger partial charge >= 0.3 is 0 Å². The van der Waals surface area contributed by atoms with Crippen molar-refractivity contribution in [2.45, 2.75) is 17.7 Å². The third-order valence-corrected chi connectivity index (χ3v) is 5.07. The SMILES string of the molecule is CS(=O)(=O)c1cccc(NC(=O)c2cccnc2N2CCCC2)c1. The predicted octanol–water partition coefficient (Wildman–Crippen LogP) is 2.34. The lowest BCUT2D eigenvalue weighted by Gasteiger charge is -2.19. The number of nitrogens with one attached hydrogen (secondary N) is 1. The smallest absolute Gasteiger partial charge is 0.259 e. The molecule has 126 valence electrons. The number of aromatic nitrogens is 1. The molecule has 0 saturated carbocycles. The molecule has 1 aliphatic heterocycles. The number of hydrogen-bond acceptors (Lipinski definition) is 5. The summed E-state index contributed by atoms with van der Waals surface area (Å²) in [6.07, 6.45) is 5.00. The first-order valence-electron chi connectivity index (χ1n) is 7.76. The minimum absolute atomic E-state index is 0.172. The number of carbonyl (C=O) groups is 1. The van der Waals surface area contributed by atoms with Gasteiger partial charge in [-0.3, -0.25) is 4.79 Å². The zero-order valence-corrected chi connectivity index (χ0v) is 14.2. The molecule has 0 unspecified atom stereocenters. The van der Waals surface area contributed by atoms with E-state index in [1.807, 2.05) is 0 Å². The molecule has 1 aromatic carbocycles. The average Bonchev–Trinajstić information content (AvgIpc) is 3.08. The van der Waals surface area contributed by atoms with Crippen LogP contribution in [0.2, 0.25) is 0 Å². The minimum atomic E-state index is -3.32. The Balaban J connectivity index is 1.86. The molecule has 1 aromatic heterocycles. The lowest BCUT2D eigenvalue weighted by atomic mass is 10.2. The topological polar surface area (TPSA) is 79.4 Å². The summed E-state index contributed by atoms with van der Waals surface area (Å²) in [7, 11) is -3.32. The van der Waals surface area contributed by atoms with E-state index in [9.17, 15) is 13.2 Å². The molecule has 0 aliphatic carbocycles. The van der Waals surface area contributed by atoms with Gasteiger partial charge in [-0.25, -0.2) is 13.4 Å². The molecule has 1 N–H and O–H groups in total. The van der Waals surface area contributed by atoms with Crippen LogP contribution in [-0.2, 0) is 9.84 Å². The van der Waals surface area contributed by atoms with E-state index in [4.69, 9.17) is 0 Å². The highest BCUT2D eigenvalue weighted by Crippen LogP contribution is 2.23. The molecule has 2 aromatic rings. The summed E-state index contributed by atoms with van der Waals surface area (Å²) < 4.78 is 23.3. The van der Waals surface area contributed by atoms with Crippen molar-refractivity contribution in [2.24, 2.45) is 0 Å². The molecular formula is C17H19N3O3S. The van der Waals surface area contributed by atoms with Crippen LogP contribution < -0.4 is 10.2 Å². The Labute approximate surface area is 141 Å². The number of nitrogens with zero attached hydrogens (tertiary/aromatic N) is 2. The van der Waals surface area contributed by atoms with Crippen molar-refractivity contribution in [1.82, 2.24) is 4.98 Å². The zero-order chi connectivity index (χ0) is 17.2. The molecule has 24 heavy (non-hydrogen) atoms. The maximum Gasteiger partial charge on any atom is 0.259 e. The van der Waals surface area contributed by atoms with Crippen LogP contribution >= 0.6 is 0 Å². The Bertz CT molecular complexity index is 859. The fraction of sp³-hybridized carbons (Fsp3) is 0.294. The second-order valence-corrected chi connectivity index (χ2v) is 7.84. The summed E-state index contributed by atoms with van der Waals surface area (Å²) in [6, 6.07) is 9.69. The van der Waals surface area contributed by atoms with E-state index < -0.39 is 9.84 Å². The lowest BCUT2D eigenvalue weighted by molar-refractivity contribution is 0.102. The highest BCUT2D eigenvalue weighted by atomic mass is 32.2. The second kappa shape index (κ2) is 6.60. The van der Waals surface area contributed by atoms with Gasteiger partial charge in [0.05, 0.1) is 10.5 Å². The van der Waals surface area contributed by atoms with Crippen LogP contribution in [0.25, 0.3) is 0 Å². The number of pyridine rings is 1. The zero-order valence-electron chi connectivity index (χ0n) is 13.4. The van der Waals surface area contributed by atoms with Gasteiger partial charge in [0.15, 0.2) is 9.84 Å². The number of anilines is 2. The van der Waals surface area contributed by atoms with Gasteiger partial charge in [-0.1, -0.05) is 6.07 Å². The number of sulfone groups is 1. The Hall–Kier alpha value is -2.41. The number of carbonyl (C=O) groups excluding carboxylic acids is 1. The van der Waals surface area contributed by atoms with Crippen LogP contribution in [0.5, 0.6) is 0 Å². The van der Waals surface area contributed by atoms with Crippen molar-refractivity contribution in [3.63, 3.8) is 0 Å². The normalized spacial score (nSPS) is 14.6. The van der Waals surface area contributed by atoms with Crippen molar-refractivity contribution < 1.29 is 13.2 Å². The Morgan fingerprint density at radius 2 is 1.92 bits per heavy atom. The van der Waals surface area contributed by atoms with Crippen molar-refractivity contribution in [3.05, 3.63) is 48.2 Å². The Morgan fingerprint density at radius 1 is 1.17 bits per heavy atom. The monoisotopic (exact) mass is 345 g/mol. The van der Waals surface area contributed by atoms with E-state index in [2.05, 4.69) is 15.2 Å². The molecule has 0 radical (unpaired) electrons. The lowest BCUT2D eigenvalue weighted by Crippen LogP contribution is -2.24. The Morgan fingerprint density at radius 3 is 2.62 bits per heavy atom. The maximum atomic E-state index is 12.6. The largest absolute Gasteiger partial charge is 0.356 e. The molecule has 1 fully saturated rings. The number of rotatable bonds is 4. The van der Waals surface area contributed by atoms with Gasteiger partial charge in [0, 0.05) is 31.2 Å². The number of hydrogen-bond donors (Lipinski definition) is 1. The number of benzene rings is 1. The van der Waals surface area contributed by atoms with Crippen LogP contribution in [0.15, 0.2) is 47.5 Å². The van der Waals surface area contributed by atoms with Crippen LogP contribution in [0, 0.1) is 0 Å². The molecule has 0 spiro atoms. The molecular weight excluding hydrogens is 326 g/mol. The predicted molar refractivity (Wildman–Crippen MR) is 93.2 cm³/mol. The van der Waals surface area contributed by atoms with Crippen LogP contribution in [0.4, 0.5) is 11.5 Å². The average molecular weight is 345 g/mol.